The molecule has 0 spiro atoms. The first kappa shape index (κ1) is 18.8. The molecule has 25 heavy (non-hydrogen) atoms. The highest BCUT2D eigenvalue weighted by Gasteiger charge is 2.09. The van der Waals surface area contributed by atoms with Gasteiger partial charge >= 0.3 is 0 Å². The Balaban J connectivity index is 2.00. The van der Waals surface area contributed by atoms with Crippen molar-refractivity contribution in [3.05, 3.63) is 48.3 Å². The molecule has 2 N–H and O–H groups in total. The van der Waals surface area contributed by atoms with Crippen LogP contribution in [0.15, 0.2) is 42.6 Å². The Morgan fingerprint density at radius 2 is 1.76 bits per heavy atom. The van der Waals surface area contributed by atoms with E-state index in [0.717, 1.165) is 49.5 Å². The Kier molecular flexibility index (Phi) is 7.26. The van der Waals surface area contributed by atoms with Crippen molar-refractivity contribution in [3.63, 3.8) is 0 Å². The van der Waals surface area contributed by atoms with Crippen LogP contribution in [0, 0.1) is 0 Å². The molecule has 2 aromatic rings. The standard InChI is InChI=1S/C20H28N4O/c1-4-7-13-21-17-12-14-22-19(15-17)20(25)23-16-8-10-18(11-9-16)24(5-2)6-3/h8-12,14-15H,4-7,13H2,1-3H3,(H,21,22)(H,23,25). The van der Waals surface area contributed by atoms with Crippen molar-refractivity contribution in [1.82, 2.24) is 4.98 Å². The first-order valence-electron chi connectivity index (χ1n) is 9.04. The maximum absolute atomic E-state index is 12.4. The Bertz CT molecular complexity index is 666. The fourth-order valence-corrected chi connectivity index (χ4v) is 2.61. The van der Waals surface area contributed by atoms with Crippen molar-refractivity contribution >= 4 is 23.0 Å². The Morgan fingerprint density at radius 1 is 1.04 bits per heavy atom. The summed E-state index contributed by atoms with van der Waals surface area (Å²) >= 11 is 0. The molecular weight excluding hydrogens is 312 g/mol. The van der Waals surface area contributed by atoms with Crippen LogP contribution < -0.4 is 15.5 Å². The lowest BCUT2D eigenvalue weighted by atomic mass is 10.2. The molecule has 0 fully saturated rings. The van der Waals surface area contributed by atoms with Crippen LogP contribution in [-0.2, 0) is 0 Å². The highest BCUT2D eigenvalue weighted by atomic mass is 16.1. The summed E-state index contributed by atoms with van der Waals surface area (Å²) in [6.45, 7) is 9.24. The van der Waals surface area contributed by atoms with Gasteiger partial charge in [-0.05, 0) is 56.7 Å². The van der Waals surface area contributed by atoms with Crippen LogP contribution in [0.2, 0.25) is 0 Å². The Labute approximate surface area is 150 Å². The number of hydrogen-bond donors (Lipinski definition) is 2. The molecule has 1 aromatic carbocycles. The number of benzene rings is 1. The molecule has 1 aromatic heterocycles. The average molecular weight is 340 g/mol. The van der Waals surface area contributed by atoms with Crippen LogP contribution in [0.1, 0.15) is 44.1 Å². The van der Waals surface area contributed by atoms with E-state index in [1.807, 2.05) is 30.3 Å². The zero-order valence-electron chi connectivity index (χ0n) is 15.4. The van der Waals surface area contributed by atoms with Crippen LogP contribution in [0.3, 0.4) is 0 Å². The van der Waals surface area contributed by atoms with Crippen LogP contribution >= 0.6 is 0 Å². The number of nitrogens with one attached hydrogen (secondary N) is 2. The fourth-order valence-electron chi connectivity index (χ4n) is 2.61. The number of carbonyl (C=O) groups excluding carboxylic acids is 1. The molecule has 0 aliphatic carbocycles. The molecule has 0 atom stereocenters. The van der Waals surface area contributed by atoms with Gasteiger partial charge < -0.3 is 15.5 Å². The second-order valence-corrected chi connectivity index (χ2v) is 5.88. The lowest BCUT2D eigenvalue weighted by molar-refractivity contribution is 0.102. The van der Waals surface area contributed by atoms with E-state index < -0.39 is 0 Å². The van der Waals surface area contributed by atoms with E-state index in [1.54, 1.807) is 12.3 Å². The Morgan fingerprint density at radius 3 is 2.40 bits per heavy atom. The van der Waals surface area contributed by atoms with Gasteiger partial charge in [0.1, 0.15) is 5.69 Å². The normalized spacial score (nSPS) is 10.4. The molecule has 2 rings (SSSR count). The molecule has 5 nitrogen and oxygen atoms in total. The quantitative estimate of drug-likeness (QED) is 0.665. The predicted octanol–water partition coefficient (Wildman–Crippen LogP) is 4.39. The zero-order chi connectivity index (χ0) is 18.1. The van der Waals surface area contributed by atoms with E-state index in [-0.39, 0.29) is 5.91 Å². The van der Waals surface area contributed by atoms with Gasteiger partial charge in [0.05, 0.1) is 0 Å². The monoisotopic (exact) mass is 340 g/mol. The van der Waals surface area contributed by atoms with Crippen molar-refractivity contribution in [3.8, 4) is 0 Å². The molecule has 5 heteroatoms. The summed E-state index contributed by atoms with van der Waals surface area (Å²) in [6, 6.07) is 11.6. The van der Waals surface area contributed by atoms with Crippen molar-refractivity contribution in [2.75, 3.05) is 35.2 Å². The fraction of sp³-hybridized carbons (Fsp3) is 0.400. The number of nitrogens with zero attached hydrogens (tertiary/aromatic N) is 2. The molecule has 0 aliphatic heterocycles. The van der Waals surface area contributed by atoms with Gasteiger partial charge in [-0.15, -0.1) is 0 Å². The second-order valence-electron chi connectivity index (χ2n) is 5.88. The third-order valence-corrected chi connectivity index (χ3v) is 4.11. The first-order chi connectivity index (χ1) is 12.2. The molecule has 0 bridgehead atoms. The van der Waals surface area contributed by atoms with Gasteiger partial charge in [0, 0.05) is 42.9 Å². The number of carbonyl (C=O) groups is 1. The number of rotatable bonds is 9. The van der Waals surface area contributed by atoms with Gasteiger partial charge in [-0.3, -0.25) is 9.78 Å². The van der Waals surface area contributed by atoms with E-state index in [1.165, 1.54) is 0 Å². The maximum Gasteiger partial charge on any atom is 0.274 e. The number of anilines is 3. The van der Waals surface area contributed by atoms with Gasteiger partial charge in [-0.25, -0.2) is 0 Å². The van der Waals surface area contributed by atoms with E-state index in [0.29, 0.717) is 5.69 Å². The molecule has 0 unspecified atom stereocenters. The van der Waals surface area contributed by atoms with Gasteiger partial charge in [-0.2, -0.15) is 0 Å². The van der Waals surface area contributed by atoms with Crippen LogP contribution in [0.5, 0.6) is 0 Å². The minimum atomic E-state index is -0.199. The summed E-state index contributed by atoms with van der Waals surface area (Å²) in [7, 11) is 0. The van der Waals surface area contributed by atoms with Gasteiger partial charge in [0.2, 0.25) is 0 Å². The van der Waals surface area contributed by atoms with Crippen LogP contribution in [0.25, 0.3) is 0 Å². The lowest BCUT2D eigenvalue weighted by Crippen LogP contribution is -2.21. The third-order valence-electron chi connectivity index (χ3n) is 4.11. The number of amides is 1. The van der Waals surface area contributed by atoms with Crippen LogP contribution in [0.4, 0.5) is 17.1 Å². The van der Waals surface area contributed by atoms with E-state index >= 15 is 0 Å². The van der Waals surface area contributed by atoms with Gasteiger partial charge in [0.25, 0.3) is 5.91 Å². The minimum absolute atomic E-state index is 0.199. The van der Waals surface area contributed by atoms with E-state index in [4.69, 9.17) is 0 Å². The molecule has 1 heterocycles. The van der Waals surface area contributed by atoms with Gasteiger partial charge in [-0.1, -0.05) is 13.3 Å². The summed E-state index contributed by atoms with van der Waals surface area (Å²) in [5.41, 5.74) is 3.26. The Hall–Kier alpha value is -2.56. The number of aromatic nitrogens is 1. The molecule has 0 aliphatic rings. The number of hydrogen-bond acceptors (Lipinski definition) is 4. The maximum atomic E-state index is 12.4. The summed E-state index contributed by atoms with van der Waals surface area (Å²) < 4.78 is 0. The van der Waals surface area contributed by atoms with Crippen molar-refractivity contribution in [2.45, 2.75) is 33.6 Å². The molecule has 134 valence electrons. The van der Waals surface area contributed by atoms with Crippen molar-refractivity contribution in [1.29, 1.82) is 0 Å². The van der Waals surface area contributed by atoms with E-state index in [2.05, 4.69) is 41.3 Å². The van der Waals surface area contributed by atoms with E-state index in [9.17, 15) is 4.79 Å². The summed E-state index contributed by atoms with van der Waals surface area (Å²) in [5.74, 6) is -0.199. The average Bonchev–Trinajstić information content (AvgIpc) is 2.64. The SMILES string of the molecule is CCCCNc1ccnc(C(=O)Nc2ccc(N(CC)CC)cc2)c1. The highest BCUT2D eigenvalue weighted by molar-refractivity contribution is 6.03. The van der Waals surface area contributed by atoms with Crippen LogP contribution in [-0.4, -0.2) is 30.5 Å². The topological polar surface area (TPSA) is 57.3 Å². The summed E-state index contributed by atoms with van der Waals surface area (Å²) in [4.78, 5) is 18.9. The number of unbranched alkanes of at least 4 members (excludes halogenated alkanes) is 1. The van der Waals surface area contributed by atoms with Gasteiger partial charge in [0.15, 0.2) is 0 Å². The number of pyridine rings is 1. The lowest BCUT2D eigenvalue weighted by Gasteiger charge is -2.21. The molecular formula is C20H28N4O. The molecule has 0 saturated heterocycles. The predicted molar refractivity (Wildman–Crippen MR) is 106 cm³/mol. The first-order valence-corrected chi connectivity index (χ1v) is 9.04. The summed E-state index contributed by atoms with van der Waals surface area (Å²) in [6.07, 6.45) is 3.89. The zero-order valence-corrected chi connectivity index (χ0v) is 15.4. The second kappa shape index (κ2) is 9.67. The highest BCUT2D eigenvalue weighted by Crippen LogP contribution is 2.18. The molecule has 0 saturated carbocycles. The third kappa shape index (κ3) is 5.48. The minimum Gasteiger partial charge on any atom is -0.385 e. The van der Waals surface area contributed by atoms with Crippen molar-refractivity contribution in [2.24, 2.45) is 0 Å². The summed E-state index contributed by atoms with van der Waals surface area (Å²) in [5, 5.41) is 6.22. The molecule has 1 amide bonds. The molecule has 0 radical (unpaired) electrons. The largest absolute Gasteiger partial charge is 0.385 e. The smallest absolute Gasteiger partial charge is 0.274 e. The van der Waals surface area contributed by atoms with Crippen molar-refractivity contribution < 1.29 is 4.79 Å².